The summed E-state index contributed by atoms with van der Waals surface area (Å²) in [6, 6.07) is 94.4. The number of fused-ring (bicyclic) bond motifs is 6. The lowest BCUT2D eigenvalue weighted by molar-refractivity contribution is 1.16. The molecule has 0 saturated heterocycles. The van der Waals surface area contributed by atoms with E-state index in [0.717, 1.165) is 11.4 Å². The zero-order chi connectivity index (χ0) is 41.7. The molecule has 2 aromatic heterocycles. The molecule has 2 nitrogen and oxygen atoms in total. The number of hydrogen-bond acceptors (Lipinski definition) is 0. The van der Waals surface area contributed by atoms with Crippen molar-refractivity contribution in [2.24, 2.45) is 0 Å². The molecular weight excluding hydrogens is 777 g/mol. The van der Waals surface area contributed by atoms with Crippen LogP contribution < -0.4 is 20.7 Å². The Balaban J connectivity index is 1.23. The summed E-state index contributed by atoms with van der Waals surface area (Å²) in [6.07, 6.45) is 0. The predicted molar refractivity (Wildman–Crippen MR) is 270 cm³/mol. The Morgan fingerprint density at radius 2 is 0.762 bits per heavy atom. The maximum Gasteiger partial charge on any atom is 0.180 e. The Morgan fingerprint density at radius 1 is 0.286 bits per heavy atom. The summed E-state index contributed by atoms with van der Waals surface area (Å²) in [5, 5.41) is 10.5. The first-order chi connectivity index (χ1) is 31.3. The summed E-state index contributed by atoms with van der Waals surface area (Å²) in [7, 11) is -3.01. The molecule has 0 radical (unpaired) electrons. The highest BCUT2D eigenvalue weighted by Gasteiger charge is 2.43. The second-order valence-electron chi connectivity index (χ2n) is 16.4. The first kappa shape index (κ1) is 36.8. The summed E-state index contributed by atoms with van der Waals surface area (Å²) < 4.78 is 5.01. The Bertz CT molecular complexity index is 3500. The minimum Gasteiger partial charge on any atom is -0.309 e. The molecule has 2 heterocycles. The Hall–Kier alpha value is -7.98. The number of para-hydroxylation sites is 3. The van der Waals surface area contributed by atoms with Crippen molar-refractivity contribution in [1.29, 1.82) is 0 Å². The van der Waals surface area contributed by atoms with Crippen LogP contribution in [0.1, 0.15) is 0 Å². The molecule has 0 aliphatic carbocycles. The highest BCUT2D eigenvalue weighted by Crippen LogP contribution is 2.40. The third kappa shape index (κ3) is 5.85. The molecule has 3 heteroatoms. The normalized spacial score (nSPS) is 11.8. The summed E-state index contributed by atoms with van der Waals surface area (Å²) in [6.45, 7) is 0. The van der Waals surface area contributed by atoms with Crippen molar-refractivity contribution in [3.63, 3.8) is 0 Å². The first-order valence-corrected chi connectivity index (χ1v) is 23.8. The molecule has 12 rings (SSSR count). The minimum absolute atomic E-state index is 1.12. The lowest BCUT2D eigenvalue weighted by Crippen LogP contribution is -2.74. The van der Waals surface area contributed by atoms with E-state index < -0.39 is 8.07 Å². The quantitative estimate of drug-likeness (QED) is 0.107. The molecule has 0 fully saturated rings. The van der Waals surface area contributed by atoms with Gasteiger partial charge in [0.2, 0.25) is 0 Å². The van der Waals surface area contributed by atoms with Gasteiger partial charge in [0, 0.05) is 32.8 Å². The Kier molecular flexibility index (Phi) is 8.87. The van der Waals surface area contributed by atoms with Crippen LogP contribution in [0.15, 0.2) is 255 Å². The smallest absolute Gasteiger partial charge is 0.180 e. The van der Waals surface area contributed by atoms with E-state index in [4.69, 9.17) is 0 Å². The van der Waals surface area contributed by atoms with Gasteiger partial charge in [-0.05, 0) is 73.8 Å². The standard InChI is InChI=1S/C60H42N2Si/c1-6-22-43(23-7-1)45-40-58-60(59(41-45)63(47-26-10-3-11-27-47,48-28-12-4-13-29-48)49-30-14-5-15-31-49)53-34-18-21-37-56(53)61(58)46-38-39-52-51-33-17-20-36-55(51)62(57(52)42-46)54-35-19-16-32-50(54)44-24-8-2-9-25-44/h1-42H. The largest absolute Gasteiger partial charge is 0.309 e. The predicted octanol–water partition coefficient (Wildman–Crippen LogP) is 12.6. The monoisotopic (exact) mass is 818 g/mol. The lowest BCUT2D eigenvalue weighted by atomic mass is 10.0. The topological polar surface area (TPSA) is 9.86 Å². The summed E-state index contributed by atoms with van der Waals surface area (Å²) in [4.78, 5) is 0. The lowest BCUT2D eigenvalue weighted by Gasteiger charge is -2.35. The van der Waals surface area contributed by atoms with E-state index in [1.807, 2.05) is 0 Å². The Labute approximate surface area is 368 Å². The molecule has 0 aliphatic rings. The fourth-order valence-electron chi connectivity index (χ4n) is 10.4. The number of nitrogens with zero attached hydrogens (tertiary/aromatic N) is 2. The van der Waals surface area contributed by atoms with Crippen molar-refractivity contribution < 1.29 is 0 Å². The average Bonchev–Trinajstić information content (AvgIpc) is 3.88. The number of rotatable bonds is 8. The average molecular weight is 819 g/mol. The zero-order valence-electron chi connectivity index (χ0n) is 34.6. The highest BCUT2D eigenvalue weighted by atomic mass is 28.3. The van der Waals surface area contributed by atoms with E-state index >= 15 is 0 Å². The molecule has 296 valence electrons. The van der Waals surface area contributed by atoms with Crippen molar-refractivity contribution in [3.05, 3.63) is 255 Å². The second-order valence-corrected chi connectivity index (χ2v) is 20.2. The maximum absolute atomic E-state index is 3.01. The summed E-state index contributed by atoms with van der Waals surface area (Å²) in [5.74, 6) is 0. The van der Waals surface area contributed by atoms with Gasteiger partial charge in [-0.1, -0.05) is 218 Å². The van der Waals surface area contributed by atoms with Crippen LogP contribution in [0.4, 0.5) is 0 Å². The third-order valence-electron chi connectivity index (χ3n) is 13.0. The fraction of sp³-hybridized carbons (Fsp3) is 0. The van der Waals surface area contributed by atoms with E-state index in [0.29, 0.717) is 0 Å². The molecule has 10 aromatic carbocycles. The van der Waals surface area contributed by atoms with Gasteiger partial charge >= 0.3 is 0 Å². The van der Waals surface area contributed by atoms with Crippen LogP contribution in [0, 0.1) is 0 Å². The number of benzene rings is 10. The molecule has 0 bridgehead atoms. The fourth-order valence-corrected chi connectivity index (χ4v) is 15.4. The summed E-state index contributed by atoms with van der Waals surface area (Å²) >= 11 is 0. The molecule has 0 unspecified atom stereocenters. The maximum atomic E-state index is 2.54. The minimum atomic E-state index is -3.01. The van der Waals surface area contributed by atoms with Gasteiger partial charge in [-0.2, -0.15) is 0 Å². The molecule has 0 N–H and O–H groups in total. The third-order valence-corrected chi connectivity index (χ3v) is 17.8. The van der Waals surface area contributed by atoms with Gasteiger partial charge in [-0.3, -0.25) is 0 Å². The van der Waals surface area contributed by atoms with Crippen LogP contribution in [0.3, 0.4) is 0 Å². The second kappa shape index (κ2) is 15.2. The van der Waals surface area contributed by atoms with Crippen LogP contribution in [-0.2, 0) is 0 Å². The molecule has 12 aromatic rings. The summed E-state index contributed by atoms with van der Waals surface area (Å²) in [5.41, 5.74) is 11.8. The molecule has 0 aliphatic heterocycles. The van der Waals surface area contributed by atoms with Gasteiger partial charge in [-0.15, -0.1) is 0 Å². The van der Waals surface area contributed by atoms with Crippen molar-refractivity contribution >= 4 is 72.4 Å². The molecule has 0 spiro atoms. The van der Waals surface area contributed by atoms with Gasteiger partial charge in [0.15, 0.2) is 8.07 Å². The highest BCUT2D eigenvalue weighted by molar-refractivity contribution is 7.20. The van der Waals surface area contributed by atoms with E-state index in [1.165, 1.54) is 86.6 Å². The van der Waals surface area contributed by atoms with Gasteiger partial charge in [0.1, 0.15) is 0 Å². The van der Waals surface area contributed by atoms with Crippen LogP contribution in [0.2, 0.25) is 0 Å². The van der Waals surface area contributed by atoms with E-state index in [-0.39, 0.29) is 0 Å². The van der Waals surface area contributed by atoms with Crippen LogP contribution >= 0.6 is 0 Å². The van der Waals surface area contributed by atoms with Gasteiger partial charge in [-0.25, -0.2) is 0 Å². The number of hydrogen-bond donors (Lipinski definition) is 0. The van der Waals surface area contributed by atoms with Crippen LogP contribution in [-0.4, -0.2) is 17.2 Å². The molecule has 0 amide bonds. The van der Waals surface area contributed by atoms with Gasteiger partial charge in [0.25, 0.3) is 0 Å². The van der Waals surface area contributed by atoms with Crippen LogP contribution in [0.25, 0.3) is 77.2 Å². The number of aromatic nitrogens is 2. The van der Waals surface area contributed by atoms with E-state index in [2.05, 4.69) is 264 Å². The van der Waals surface area contributed by atoms with Crippen molar-refractivity contribution in [2.45, 2.75) is 0 Å². The molecular formula is C60H42N2Si. The van der Waals surface area contributed by atoms with Gasteiger partial charge < -0.3 is 9.13 Å². The Morgan fingerprint density at radius 3 is 1.38 bits per heavy atom. The van der Waals surface area contributed by atoms with E-state index in [1.54, 1.807) is 0 Å². The molecule has 0 atom stereocenters. The van der Waals surface area contributed by atoms with E-state index in [9.17, 15) is 0 Å². The van der Waals surface area contributed by atoms with Gasteiger partial charge in [0.05, 0.1) is 27.8 Å². The van der Waals surface area contributed by atoms with Crippen LogP contribution in [0.5, 0.6) is 0 Å². The molecule has 0 saturated carbocycles. The SMILES string of the molecule is c1ccc(-c2cc([Si](c3ccccc3)(c3ccccc3)c3ccccc3)c3c4ccccc4n(-c4ccc5c6ccccc6n(-c6ccccc6-c6ccccc6)c5c4)c3c2)cc1. The first-order valence-electron chi connectivity index (χ1n) is 21.8. The van der Waals surface area contributed by atoms with Crippen molar-refractivity contribution in [2.75, 3.05) is 0 Å². The van der Waals surface area contributed by atoms with Crippen molar-refractivity contribution in [3.8, 4) is 33.6 Å². The molecule has 63 heavy (non-hydrogen) atoms. The van der Waals surface area contributed by atoms with Crippen molar-refractivity contribution in [1.82, 2.24) is 9.13 Å². The zero-order valence-corrected chi connectivity index (χ0v) is 35.6.